The third-order valence-corrected chi connectivity index (χ3v) is 3.36. The van der Waals surface area contributed by atoms with E-state index >= 15 is 0 Å². The van der Waals surface area contributed by atoms with Crippen LogP contribution in [0.3, 0.4) is 0 Å². The number of carbonyl (C=O) groups excluding carboxylic acids is 2. The Kier molecular flexibility index (Phi) is 3.54. The van der Waals surface area contributed by atoms with E-state index in [4.69, 9.17) is 4.74 Å². The zero-order valence-corrected chi connectivity index (χ0v) is 12.3. The van der Waals surface area contributed by atoms with Crippen molar-refractivity contribution >= 4 is 17.5 Å². The molecule has 2 amide bonds. The van der Waals surface area contributed by atoms with Crippen LogP contribution in [0.2, 0.25) is 0 Å². The van der Waals surface area contributed by atoms with Gasteiger partial charge in [-0.3, -0.25) is 9.59 Å². The number of nitrogens with one attached hydrogen (secondary N) is 3. The molecule has 0 aliphatic carbocycles. The highest BCUT2D eigenvalue weighted by molar-refractivity contribution is 5.99. The highest BCUT2D eigenvalue weighted by Gasteiger charge is 2.19. The van der Waals surface area contributed by atoms with Crippen LogP contribution < -0.4 is 15.4 Å². The van der Waals surface area contributed by atoms with E-state index in [-0.39, 0.29) is 24.5 Å². The molecule has 0 radical (unpaired) electrons. The van der Waals surface area contributed by atoms with Crippen LogP contribution in [0, 0.1) is 6.92 Å². The molecule has 1 aromatic carbocycles. The predicted molar refractivity (Wildman–Crippen MR) is 79.8 cm³/mol. The molecule has 0 spiro atoms. The van der Waals surface area contributed by atoms with E-state index in [0.29, 0.717) is 22.8 Å². The first-order valence-corrected chi connectivity index (χ1v) is 6.92. The van der Waals surface area contributed by atoms with Crippen LogP contribution >= 0.6 is 0 Å². The molecule has 0 saturated carbocycles. The zero-order valence-electron chi connectivity index (χ0n) is 12.3. The van der Waals surface area contributed by atoms with Crippen molar-refractivity contribution in [2.24, 2.45) is 0 Å². The standard InChI is InChI=1S/C15H16N4O3/c1-8-6-16-14(17-8)9(2)18-15(21)10-3-4-11-12(5-10)22-7-13(20)19-11/h3-6,9H,7H2,1-2H3,(H,16,17)(H,18,21)(H,19,20)/t9-/m1/s1. The summed E-state index contributed by atoms with van der Waals surface area (Å²) in [7, 11) is 0. The number of hydrogen-bond donors (Lipinski definition) is 3. The van der Waals surface area contributed by atoms with Crippen molar-refractivity contribution in [1.82, 2.24) is 15.3 Å². The van der Waals surface area contributed by atoms with Crippen LogP contribution in [0.5, 0.6) is 5.75 Å². The number of rotatable bonds is 3. The fourth-order valence-corrected chi connectivity index (χ4v) is 2.22. The molecule has 1 atom stereocenters. The third kappa shape index (κ3) is 2.78. The van der Waals surface area contributed by atoms with Crippen molar-refractivity contribution in [2.75, 3.05) is 11.9 Å². The van der Waals surface area contributed by atoms with Crippen LogP contribution in [0.4, 0.5) is 5.69 Å². The van der Waals surface area contributed by atoms with Gasteiger partial charge in [-0.15, -0.1) is 0 Å². The van der Waals surface area contributed by atoms with E-state index in [2.05, 4.69) is 20.6 Å². The van der Waals surface area contributed by atoms with Crippen molar-refractivity contribution < 1.29 is 14.3 Å². The van der Waals surface area contributed by atoms with Crippen molar-refractivity contribution in [3.05, 3.63) is 41.5 Å². The molecule has 2 aromatic rings. The van der Waals surface area contributed by atoms with E-state index < -0.39 is 0 Å². The molecule has 3 rings (SSSR count). The number of nitrogens with zero attached hydrogens (tertiary/aromatic N) is 1. The van der Waals surface area contributed by atoms with Crippen molar-refractivity contribution in [1.29, 1.82) is 0 Å². The topological polar surface area (TPSA) is 96.1 Å². The summed E-state index contributed by atoms with van der Waals surface area (Å²) in [6.07, 6.45) is 1.72. The summed E-state index contributed by atoms with van der Waals surface area (Å²) in [6.45, 7) is 3.71. The lowest BCUT2D eigenvalue weighted by molar-refractivity contribution is -0.118. The molecule has 3 N–H and O–H groups in total. The number of carbonyl (C=O) groups is 2. The van der Waals surface area contributed by atoms with Gasteiger partial charge >= 0.3 is 0 Å². The molecule has 7 heteroatoms. The maximum absolute atomic E-state index is 12.3. The summed E-state index contributed by atoms with van der Waals surface area (Å²) >= 11 is 0. The monoisotopic (exact) mass is 300 g/mol. The number of anilines is 1. The summed E-state index contributed by atoms with van der Waals surface area (Å²) < 4.78 is 5.31. The van der Waals surface area contributed by atoms with E-state index in [1.165, 1.54) is 0 Å². The smallest absolute Gasteiger partial charge is 0.262 e. The lowest BCUT2D eigenvalue weighted by Gasteiger charge is -2.19. The first-order chi connectivity index (χ1) is 10.5. The number of aromatic nitrogens is 2. The summed E-state index contributed by atoms with van der Waals surface area (Å²) in [5.41, 5.74) is 1.97. The zero-order chi connectivity index (χ0) is 15.7. The van der Waals surface area contributed by atoms with Crippen molar-refractivity contribution in [3.63, 3.8) is 0 Å². The molecular weight excluding hydrogens is 284 g/mol. The molecule has 1 aromatic heterocycles. The SMILES string of the molecule is Cc1cnc([C@@H](C)NC(=O)c2ccc3c(c2)OCC(=O)N3)[nH]1. The second-order valence-electron chi connectivity index (χ2n) is 5.19. The first kappa shape index (κ1) is 14.1. The molecule has 0 fully saturated rings. The maximum Gasteiger partial charge on any atom is 0.262 e. The van der Waals surface area contributed by atoms with Gasteiger partial charge < -0.3 is 20.4 Å². The number of hydrogen-bond acceptors (Lipinski definition) is 4. The Balaban J connectivity index is 1.74. The van der Waals surface area contributed by atoms with Gasteiger partial charge in [-0.1, -0.05) is 0 Å². The average molecular weight is 300 g/mol. The number of benzene rings is 1. The molecule has 2 heterocycles. The van der Waals surface area contributed by atoms with Gasteiger partial charge in [0.25, 0.3) is 11.8 Å². The molecule has 7 nitrogen and oxygen atoms in total. The van der Waals surface area contributed by atoms with Crippen LogP contribution in [-0.4, -0.2) is 28.4 Å². The van der Waals surface area contributed by atoms with E-state index in [0.717, 1.165) is 5.69 Å². The largest absolute Gasteiger partial charge is 0.482 e. The number of fused-ring (bicyclic) bond motifs is 1. The maximum atomic E-state index is 12.3. The number of aromatic amines is 1. The van der Waals surface area contributed by atoms with Gasteiger partial charge in [0.1, 0.15) is 11.6 Å². The van der Waals surface area contributed by atoms with Crippen LogP contribution in [0.1, 0.15) is 34.8 Å². The Morgan fingerprint density at radius 2 is 2.27 bits per heavy atom. The van der Waals surface area contributed by atoms with Crippen molar-refractivity contribution in [3.8, 4) is 5.75 Å². The van der Waals surface area contributed by atoms with Crippen LogP contribution in [-0.2, 0) is 4.79 Å². The summed E-state index contributed by atoms with van der Waals surface area (Å²) in [5, 5.41) is 5.55. The fraction of sp³-hybridized carbons (Fsp3) is 0.267. The predicted octanol–water partition coefficient (Wildman–Crippen LogP) is 1.54. The van der Waals surface area contributed by atoms with E-state index in [9.17, 15) is 9.59 Å². The number of ether oxygens (including phenoxy) is 1. The van der Waals surface area contributed by atoms with Crippen LogP contribution in [0.15, 0.2) is 24.4 Å². The fourth-order valence-electron chi connectivity index (χ4n) is 2.22. The number of H-pyrrole nitrogens is 1. The molecule has 0 bridgehead atoms. The summed E-state index contributed by atoms with van der Waals surface area (Å²) in [4.78, 5) is 30.8. The van der Waals surface area contributed by atoms with Gasteiger partial charge in [0, 0.05) is 17.5 Å². The van der Waals surface area contributed by atoms with Gasteiger partial charge in [-0.2, -0.15) is 0 Å². The van der Waals surface area contributed by atoms with Gasteiger partial charge in [0.05, 0.1) is 11.7 Å². The molecular formula is C15H16N4O3. The Morgan fingerprint density at radius 1 is 1.45 bits per heavy atom. The van der Waals surface area contributed by atoms with Gasteiger partial charge in [0.15, 0.2) is 6.61 Å². The minimum atomic E-state index is -0.238. The van der Waals surface area contributed by atoms with Crippen molar-refractivity contribution in [2.45, 2.75) is 19.9 Å². The second-order valence-corrected chi connectivity index (χ2v) is 5.19. The first-order valence-electron chi connectivity index (χ1n) is 6.92. The third-order valence-electron chi connectivity index (χ3n) is 3.36. The molecule has 114 valence electrons. The lowest BCUT2D eigenvalue weighted by atomic mass is 10.1. The Labute approximate surface area is 127 Å². The number of amides is 2. The van der Waals surface area contributed by atoms with Crippen LogP contribution in [0.25, 0.3) is 0 Å². The Bertz CT molecular complexity index is 738. The normalized spacial score (nSPS) is 14.5. The van der Waals surface area contributed by atoms with E-state index in [1.54, 1.807) is 24.4 Å². The van der Waals surface area contributed by atoms with Gasteiger partial charge in [-0.25, -0.2) is 4.98 Å². The number of imidazole rings is 1. The highest BCUT2D eigenvalue weighted by atomic mass is 16.5. The Morgan fingerprint density at radius 3 is 3.00 bits per heavy atom. The quantitative estimate of drug-likeness (QED) is 0.801. The number of aryl methyl sites for hydroxylation is 1. The molecule has 1 aliphatic heterocycles. The lowest BCUT2D eigenvalue weighted by Crippen LogP contribution is -2.28. The minimum absolute atomic E-state index is 0.0415. The molecule has 0 unspecified atom stereocenters. The van der Waals surface area contributed by atoms with Gasteiger partial charge in [0.2, 0.25) is 0 Å². The summed E-state index contributed by atoms with van der Waals surface area (Å²) in [5.74, 6) is 0.762. The van der Waals surface area contributed by atoms with E-state index in [1.807, 2.05) is 13.8 Å². The molecule has 22 heavy (non-hydrogen) atoms. The van der Waals surface area contributed by atoms with Gasteiger partial charge in [-0.05, 0) is 32.0 Å². The summed E-state index contributed by atoms with van der Waals surface area (Å²) in [6, 6.07) is 4.68. The minimum Gasteiger partial charge on any atom is -0.482 e. The Hall–Kier alpha value is -2.83. The molecule has 0 saturated heterocycles. The molecule has 1 aliphatic rings. The second kappa shape index (κ2) is 5.51. The average Bonchev–Trinajstić information content (AvgIpc) is 2.93. The highest BCUT2D eigenvalue weighted by Crippen LogP contribution is 2.28.